The van der Waals surface area contributed by atoms with E-state index < -0.39 is 6.10 Å². The molecular formula is C17H27BrN2O4. The molecule has 0 amide bonds. The first kappa shape index (κ1) is 19.6. The molecule has 24 heavy (non-hydrogen) atoms. The van der Waals surface area contributed by atoms with Crippen molar-refractivity contribution in [3.63, 3.8) is 0 Å². The summed E-state index contributed by atoms with van der Waals surface area (Å²) in [5, 5.41) is 19.0. The fourth-order valence-corrected chi connectivity index (χ4v) is 2.92. The molecule has 0 unspecified atom stereocenters. The van der Waals surface area contributed by atoms with Gasteiger partial charge >= 0.3 is 0 Å². The van der Waals surface area contributed by atoms with Crippen LogP contribution in [0.1, 0.15) is 0 Å². The van der Waals surface area contributed by atoms with E-state index in [1.54, 1.807) is 0 Å². The van der Waals surface area contributed by atoms with Crippen LogP contribution in [0, 0.1) is 0 Å². The molecule has 1 aliphatic heterocycles. The lowest BCUT2D eigenvalue weighted by molar-refractivity contribution is -0.000763. The van der Waals surface area contributed by atoms with Crippen LogP contribution < -0.4 is 4.74 Å². The highest BCUT2D eigenvalue weighted by atomic mass is 79.9. The third kappa shape index (κ3) is 7.46. The lowest BCUT2D eigenvalue weighted by Gasteiger charge is -2.35. The van der Waals surface area contributed by atoms with Crippen molar-refractivity contribution in [2.24, 2.45) is 0 Å². The Balaban J connectivity index is 1.51. The Morgan fingerprint density at radius 2 is 1.71 bits per heavy atom. The quantitative estimate of drug-likeness (QED) is 0.564. The molecule has 1 aromatic carbocycles. The minimum Gasteiger partial charge on any atom is -0.491 e. The van der Waals surface area contributed by atoms with E-state index in [2.05, 4.69) is 25.7 Å². The maximum atomic E-state index is 10.1. The zero-order chi connectivity index (χ0) is 17.2. The van der Waals surface area contributed by atoms with Gasteiger partial charge in [0.1, 0.15) is 12.4 Å². The number of aliphatic hydroxyl groups excluding tert-OH is 2. The number of β-amino-alcohol motifs (C(OH)–C–C–N with tert-alkyl or cyclic N) is 2. The summed E-state index contributed by atoms with van der Waals surface area (Å²) >= 11 is 3.38. The summed E-state index contributed by atoms with van der Waals surface area (Å²) in [5.41, 5.74) is 0. The van der Waals surface area contributed by atoms with Gasteiger partial charge in [-0.1, -0.05) is 15.9 Å². The molecule has 0 radical (unpaired) electrons. The molecule has 7 heteroatoms. The van der Waals surface area contributed by atoms with Crippen molar-refractivity contribution in [2.45, 2.75) is 6.10 Å². The average Bonchev–Trinajstić information content (AvgIpc) is 2.58. The molecule has 1 heterocycles. The van der Waals surface area contributed by atoms with Crippen LogP contribution in [-0.2, 0) is 4.74 Å². The zero-order valence-corrected chi connectivity index (χ0v) is 15.5. The maximum Gasteiger partial charge on any atom is 0.119 e. The molecule has 0 aromatic heterocycles. The fraction of sp³-hybridized carbons (Fsp3) is 0.647. The van der Waals surface area contributed by atoms with E-state index >= 15 is 0 Å². The number of benzene rings is 1. The van der Waals surface area contributed by atoms with Crippen LogP contribution in [0.25, 0.3) is 0 Å². The Morgan fingerprint density at radius 3 is 2.38 bits per heavy atom. The van der Waals surface area contributed by atoms with Crippen LogP contribution in [-0.4, -0.2) is 91.8 Å². The number of piperazine rings is 1. The summed E-state index contributed by atoms with van der Waals surface area (Å²) in [6.07, 6.45) is -0.484. The highest BCUT2D eigenvalue weighted by molar-refractivity contribution is 9.10. The standard InChI is InChI=1S/C17H27BrN2O4/c18-15-1-3-17(4-2-15)24-12-11-23-14-16(22)13-20-7-5-19(6-8-20)9-10-21/h1-4,16,21-22H,5-14H2/t16-/m1/s1. The predicted octanol–water partition coefficient (Wildman–Crippen LogP) is 0.815. The summed E-state index contributed by atoms with van der Waals surface area (Å²) in [6, 6.07) is 7.66. The molecule has 1 aromatic rings. The van der Waals surface area contributed by atoms with Crippen molar-refractivity contribution in [3.05, 3.63) is 28.7 Å². The van der Waals surface area contributed by atoms with Crippen LogP contribution in [0.3, 0.4) is 0 Å². The van der Waals surface area contributed by atoms with E-state index in [-0.39, 0.29) is 6.61 Å². The zero-order valence-electron chi connectivity index (χ0n) is 13.9. The van der Waals surface area contributed by atoms with Crippen molar-refractivity contribution in [3.8, 4) is 5.75 Å². The predicted molar refractivity (Wildman–Crippen MR) is 96.4 cm³/mol. The van der Waals surface area contributed by atoms with Gasteiger partial charge in [-0.2, -0.15) is 0 Å². The van der Waals surface area contributed by atoms with Crippen LogP contribution >= 0.6 is 15.9 Å². The molecule has 0 spiro atoms. The molecule has 0 saturated carbocycles. The lowest BCUT2D eigenvalue weighted by Crippen LogP contribution is -2.49. The van der Waals surface area contributed by atoms with Crippen LogP contribution in [0.15, 0.2) is 28.7 Å². The Hall–Kier alpha value is -0.700. The maximum absolute atomic E-state index is 10.1. The summed E-state index contributed by atoms with van der Waals surface area (Å²) in [7, 11) is 0. The van der Waals surface area contributed by atoms with Gasteiger partial charge in [0.05, 0.1) is 25.9 Å². The van der Waals surface area contributed by atoms with Gasteiger partial charge in [0.25, 0.3) is 0 Å². The number of hydrogen-bond acceptors (Lipinski definition) is 6. The van der Waals surface area contributed by atoms with Gasteiger partial charge in [0.15, 0.2) is 0 Å². The lowest BCUT2D eigenvalue weighted by atomic mass is 10.2. The van der Waals surface area contributed by atoms with Crippen molar-refractivity contribution < 1.29 is 19.7 Å². The minimum atomic E-state index is -0.484. The van der Waals surface area contributed by atoms with Crippen molar-refractivity contribution >= 4 is 15.9 Å². The van der Waals surface area contributed by atoms with Crippen LogP contribution in [0.5, 0.6) is 5.75 Å². The molecule has 2 N–H and O–H groups in total. The monoisotopic (exact) mass is 402 g/mol. The summed E-state index contributed by atoms with van der Waals surface area (Å²) in [5.74, 6) is 0.808. The third-order valence-electron chi connectivity index (χ3n) is 3.97. The number of ether oxygens (including phenoxy) is 2. The van der Waals surface area contributed by atoms with E-state index in [1.165, 1.54) is 0 Å². The molecule has 6 nitrogen and oxygen atoms in total. The SMILES string of the molecule is OCCN1CCN(C[C@@H](O)COCCOc2ccc(Br)cc2)CC1. The van der Waals surface area contributed by atoms with Gasteiger partial charge in [-0.15, -0.1) is 0 Å². The van der Waals surface area contributed by atoms with Crippen molar-refractivity contribution in [1.29, 1.82) is 0 Å². The summed E-state index contributed by atoms with van der Waals surface area (Å²) in [4.78, 5) is 4.47. The van der Waals surface area contributed by atoms with Crippen molar-refractivity contribution in [1.82, 2.24) is 9.80 Å². The largest absolute Gasteiger partial charge is 0.491 e. The molecule has 1 fully saturated rings. The summed E-state index contributed by atoms with van der Waals surface area (Å²) < 4.78 is 12.1. The molecule has 1 aliphatic rings. The number of hydrogen-bond donors (Lipinski definition) is 2. The molecule has 0 aliphatic carbocycles. The Bertz CT molecular complexity index is 452. The highest BCUT2D eigenvalue weighted by Gasteiger charge is 2.18. The molecule has 136 valence electrons. The smallest absolute Gasteiger partial charge is 0.119 e. The number of rotatable bonds is 10. The topological polar surface area (TPSA) is 65.4 Å². The summed E-state index contributed by atoms with van der Waals surface area (Å²) in [6.45, 7) is 6.53. The van der Waals surface area contributed by atoms with Crippen molar-refractivity contribution in [2.75, 3.05) is 65.7 Å². The normalized spacial score (nSPS) is 17.8. The molecule has 1 atom stereocenters. The second-order valence-electron chi connectivity index (χ2n) is 5.90. The number of aliphatic hydroxyl groups is 2. The Kier molecular flexibility index (Phi) is 9.01. The third-order valence-corrected chi connectivity index (χ3v) is 4.50. The van der Waals surface area contributed by atoms with E-state index in [0.29, 0.717) is 26.4 Å². The first-order valence-corrected chi connectivity index (χ1v) is 9.16. The fourth-order valence-electron chi connectivity index (χ4n) is 2.66. The molecule has 1 saturated heterocycles. The van der Waals surface area contributed by atoms with Gasteiger partial charge in [0.2, 0.25) is 0 Å². The van der Waals surface area contributed by atoms with Gasteiger partial charge in [0, 0.05) is 43.7 Å². The van der Waals surface area contributed by atoms with E-state index in [9.17, 15) is 5.11 Å². The van der Waals surface area contributed by atoms with Crippen LogP contribution in [0.4, 0.5) is 0 Å². The molecular weight excluding hydrogens is 376 g/mol. The first-order chi connectivity index (χ1) is 11.7. The van der Waals surface area contributed by atoms with E-state index in [1.807, 2.05) is 24.3 Å². The highest BCUT2D eigenvalue weighted by Crippen LogP contribution is 2.15. The number of nitrogens with zero attached hydrogens (tertiary/aromatic N) is 2. The first-order valence-electron chi connectivity index (χ1n) is 8.37. The van der Waals surface area contributed by atoms with Gasteiger partial charge in [-0.3, -0.25) is 9.80 Å². The second-order valence-corrected chi connectivity index (χ2v) is 6.81. The average molecular weight is 403 g/mol. The number of halogens is 1. The second kappa shape index (κ2) is 11.0. The van der Waals surface area contributed by atoms with E-state index in [0.717, 1.165) is 42.9 Å². The van der Waals surface area contributed by atoms with Gasteiger partial charge in [-0.25, -0.2) is 0 Å². The van der Waals surface area contributed by atoms with E-state index in [4.69, 9.17) is 14.6 Å². The molecule has 2 rings (SSSR count). The van der Waals surface area contributed by atoms with Gasteiger partial charge in [-0.05, 0) is 24.3 Å². The van der Waals surface area contributed by atoms with Crippen LogP contribution in [0.2, 0.25) is 0 Å². The Labute approximate surface area is 152 Å². The Morgan fingerprint density at radius 1 is 1.04 bits per heavy atom. The molecule has 0 bridgehead atoms. The van der Waals surface area contributed by atoms with Gasteiger partial charge < -0.3 is 19.7 Å². The minimum absolute atomic E-state index is 0.207.